The number of halogens is 2. The Balaban J connectivity index is 0. The van der Waals surface area contributed by atoms with Gasteiger partial charge in [-0.25, -0.2) is 0 Å². The van der Waals surface area contributed by atoms with E-state index in [0.29, 0.717) is 0 Å². The summed E-state index contributed by atoms with van der Waals surface area (Å²) in [5.74, 6) is 0. The average molecular weight is 175 g/mol. The van der Waals surface area contributed by atoms with Gasteiger partial charge >= 0.3 is 0 Å². The standard InChI is InChI=1S/C2H6Cl2Si.C2H6O/c1-5(2,3)4;1-2-3/h1-2H3;3H,2H2,1H3. The van der Waals surface area contributed by atoms with E-state index < -0.39 is 6.69 Å². The van der Waals surface area contributed by atoms with E-state index in [4.69, 9.17) is 27.3 Å². The first kappa shape index (κ1) is 11.5. The summed E-state index contributed by atoms with van der Waals surface area (Å²) in [5.41, 5.74) is 0. The van der Waals surface area contributed by atoms with Gasteiger partial charge in [0.05, 0.1) is 0 Å². The van der Waals surface area contributed by atoms with Gasteiger partial charge in [-0.3, -0.25) is 0 Å². The molecule has 0 aromatic rings. The first-order chi connectivity index (χ1) is 3.41. The van der Waals surface area contributed by atoms with E-state index in [0.717, 1.165) is 0 Å². The summed E-state index contributed by atoms with van der Waals surface area (Å²) in [6.45, 7) is 3.98. The van der Waals surface area contributed by atoms with Gasteiger partial charge in [-0.1, -0.05) is 0 Å². The highest BCUT2D eigenvalue weighted by Crippen LogP contribution is 2.10. The van der Waals surface area contributed by atoms with Gasteiger partial charge in [0.1, 0.15) is 0 Å². The van der Waals surface area contributed by atoms with Crippen molar-refractivity contribution in [1.82, 2.24) is 0 Å². The molecule has 4 heteroatoms. The molecule has 0 bridgehead atoms. The van der Waals surface area contributed by atoms with Gasteiger partial charge < -0.3 is 5.11 Å². The van der Waals surface area contributed by atoms with Crippen LogP contribution in [0.2, 0.25) is 13.1 Å². The largest absolute Gasteiger partial charge is 0.397 e. The fourth-order valence-electron chi connectivity index (χ4n) is 0. The van der Waals surface area contributed by atoms with E-state index in [1.165, 1.54) is 0 Å². The SMILES string of the molecule is CCO.C[Si](C)(Cl)Cl. The lowest BCUT2D eigenvalue weighted by molar-refractivity contribution is 0.318. The number of aliphatic hydroxyl groups is 1. The van der Waals surface area contributed by atoms with Gasteiger partial charge in [0, 0.05) is 6.61 Å². The highest BCUT2D eigenvalue weighted by Gasteiger charge is 2.08. The maximum Gasteiger partial charge on any atom is 0.245 e. The van der Waals surface area contributed by atoms with Gasteiger partial charge in [-0.05, 0) is 20.0 Å². The van der Waals surface area contributed by atoms with Crippen LogP contribution in [0.5, 0.6) is 0 Å². The normalized spacial score (nSPS) is 9.75. The minimum absolute atomic E-state index is 0.250. The van der Waals surface area contributed by atoms with Crippen LogP contribution in [-0.4, -0.2) is 18.4 Å². The van der Waals surface area contributed by atoms with E-state index in [1.807, 2.05) is 13.1 Å². The van der Waals surface area contributed by atoms with Gasteiger partial charge in [-0.2, -0.15) is 0 Å². The Bertz CT molecular complexity index is 37.8. The van der Waals surface area contributed by atoms with Crippen molar-refractivity contribution in [2.24, 2.45) is 0 Å². The summed E-state index contributed by atoms with van der Waals surface area (Å²) >= 11 is 10.9. The number of hydrogen-bond donors (Lipinski definition) is 1. The van der Waals surface area contributed by atoms with Crippen LogP contribution in [0.4, 0.5) is 0 Å². The maximum absolute atomic E-state index is 7.57. The maximum atomic E-state index is 7.57. The molecule has 0 saturated heterocycles. The van der Waals surface area contributed by atoms with Crippen LogP contribution >= 0.6 is 22.2 Å². The Morgan fingerprint density at radius 3 is 1.38 bits per heavy atom. The van der Waals surface area contributed by atoms with Crippen LogP contribution < -0.4 is 0 Å². The number of aliphatic hydroxyl groups excluding tert-OH is 1. The molecule has 0 amide bonds. The molecule has 0 rings (SSSR count). The quantitative estimate of drug-likeness (QED) is 0.442. The molecule has 0 atom stereocenters. The molecule has 0 aliphatic rings. The van der Waals surface area contributed by atoms with E-state index in [2.05, 4.69) is 0 Å². The van der Waals surface area contributed by atoms with Crippen molar-refractivity contribution >= 4 is 28.9 Å². The first-order valence-corrected chi connectivity index (χ1v) is 7.43. The van der Waals surface area contributed by atoms with Crippen LogP contribution in [0.25, 0.3) is 0 Å². The zero-order valence-corrected chi connectivity index (χ0v) is 7.92. The lowest BCUT2D eigenvalue weighted by atomic mass is 10.9. The number of hydrogen-bond acceptors (Lipinski definition) is 1. The second kappa shape index (κ2) is 5.89. The lowest BCUT2D eigenvalue weighted by Gasteiger charge is -1.93. The molecule has 0 aliphatic heterocycles. The monoisotopic (exact) mass is 174 g/mol. The van der Waals surface area contributed by atoms with Crippen LogP contribution in [-0.2, 0) is 0 Å². The third kappa shape index (κ3) is 391. The molecule has 0 aromatic carbocycles. The predicted molar refractivity (Wildman–Crippen MR) is 41.9 cm³/mol. The van der Waals surface area contributed by atoms with E-state index in [9.17, 15) is 0 Å². The molecular weight excluding hydrogens is 163 g/mol. The molecular formula is C4H12Cl2OSi. The lowest BCUT2D eigenvalue weighted by Crippen LogP contribution is -2.02. The third-order valence-corrected chi connectivity index (χ3v) is 0. The Morgan fingerprint density at radius 1 is 1.38 bits per heavy atom. The third-order valence-electron chi connectivity index (χ3n) is 0. The molecule has 1 N–H and O–H groups in total. The summed E-state index contributed by atoms with van der Waals surface area (Å²) in [6.07, 6.45) is 0. The van der Waals surface area contributed by atoms with Gasteiger partial charge in [0.2, 0.25) is 6.69 Å². The number of rotatable bonds is 0. The smallest absolute Gasteiger partial charge is 0.245 e. The van der Waals surface area contributed by atoms with Crippen molar-refractivity contribution < 1.29 is 5.11 Å². The molecule has 0 radical (unpaired) electrons. The van der Waals surface area contributed by atoms with Crippen LogP contribution in [0.15, 0.2) is 0 Å². The van der Waals surface area contributed by atoms with Gasteiger partial charge in [-0.15, -0.1) is 22.2 Å². The van der Waals surface area contributed by atoms with Crippen LogP contribution in [0, 0.1) is 0 Å². The van der Waals surface area contributed by atoms with E-state index >= 15 is 0 Å². The van der Waals surface area contributed by atoms with Crippen molar-refractivity contribution in [3.05, 3.63) is 0 Å². The Kier molecular flexibility index (Phi) is 8.49. The summed E-state index contributed by atoms with van der Waals surface area (Å²) in [4.78, 5) is 0. The van der Waals surface area contributed by atoms with Crippen molar-refractivity contribution in [3.63, 3.8) is 0 Å². The molecule has 8 heavy (non-hydrogen) atoms. The molecule has 0 aliphatic carbocycles. The Labute approximate surface area is 61.0 Å². The Hall–Kier alpha value is 0.757. The zero-order chi connectivity index (χ0) is 7.21. The molecule has 0 unspecified atom stereocenters. The fourth-order valence-corrected chi connectivity index (χ4v) is 0. The molecule has 1 nitrogen and oxygen atoms in total. The summed E-state index contributed by atoms with van der Waals surface area (Å²) < 4.78 is 0. The first-order valence-electron chi connectivity index (χ1n) is 2.40. The molecule has 0 heterocycles. The minimum atomic E-state index is -1.67. The van der Waals surface area contributed by atoms with Gasteiger partial charge in [0.25, 0.3) is 0 Å². The topological polar surface area (TPSA) is 20.2 Å². The van der Waals surface area contributed by atoms with Crippen LogP contribution in [0.3, 0.4) is 0 Å². The van der Waals surface area contributed by atoms with Crippen molar-refractivity contribution in [2.75, 3.05) is 6.61 Å². The average Bonchev–Trinajstić information content (AvgIpc) is 1.27. The highest BCUT2D eigenvalue weighted by atomic mass is 35.7. The van der Waals surface area contributed by atoms with Crippen molar-refractivity contribution in [2.45, 2.75) is 20.0 Å². The summed E-state index contributed by atoms with van der Waals surface area (Å²) in [7, 11) is 0. The van der Waals surface area contributed by atoms with E-state index in [-0.39, 0.29) is 6.61 Å². The molecule has 0 saturated carbocycles. The Morgan fingerprint density at radius 2 is 1.38 bits per heavy atom. The molecule has 0 fully saturated rings. The second-order valence-electron chi connectivity index (χ2n) is 1.64. The predicted octanol–water partition coefficient (Wildman–Crippen LogP) is 2.16. The van der Waals surface area contributed by atoms with Crippen LogP contribution in [0.1, 0.15) is 6.92 Å². The molecule has 0 spiro atoms. The fraction of sp³-hybridized carbons (Fsp3) is 1.00. The zero-order valence-electron chi connectivity index (χ0n) is 5.41. The van der Waals surface area contributed by atoms with Gasteiger partial charge in [0.15, 0.2) is 0 Å². The molecule has 0 aromatic heterocycles. The van der Waals surface area contributed by atoms with E-state index in [1.54, 1.807) is 6.92 Å². The highest BCUT2D eigenvalue weighted by molar-refractivity contribution is 7.44. The summed E-state index contributed by atoms with van der Waals surface area (Å²) in [5, 5.41) is 7.57. The minimum Gasteiger partial charge on any atom is -0.397 e. The second-order valence-corrected chi connectivity index (χ2v) is 10.5. The molecule has 52 valence electrons. The van der Waals surface area contributed by atoms with Crippen molar-refractivity contribution in [1.29, 1.82) is 0 Å². The van der Waals surface area contributed by atoms with Crippen molar-refractivity contribution in [3.8, 4) is 0 Å². The summed E-state index contributed by atoms with van der Waals surface area (Å²) in [6, 6.07) is 0.